The van der Waals surface area contributed by atoms with Gasteiger partial charge in [0.05, 0.1) is 0 Å². The van der Waals surface area contributed by atoms with Crippen LogP contribution in [0.3, 0.4) is 0 Å². The van der Waals surface area contributed by atoms with Crippen molar-refractivity contribution in [1.82, 2.24) is 15.1 Å². The van der Waals surface area contributed by atoms with Crippen molar-refractivity contribution in [3.8, 4) is 0 Å². The van der Waals surface area contributed by atoms with E-state index in [0.717, 1.165) is 19.3 Å². The Bertz CT molecular complexity index is 847. The van der Waals surface area contributed by atoms with Gasteiger partial charge in [0.15, 0.2) is 5.96 Å². The molecule has 2 heterocycles. The van der Waals surface area contributed by atoms with Crippen molar-refractivity contribution in [2.24, 2.45) is 22.6 Å². The van der Waals surface area contributed by atoms with E-state index in [1.54, 1.807) is 4.90 Å². The fourth-order valence-corrected chi connectivity index (χ4v) is 5.11. The summed E-state index contributed by atoms with van der Waals surface area (Å²) in [7, 11) is 0. The summed E-state index contributed by atoms with van der Waals surface area (Å²) >= 11 is 0. The predicted octanol–water partition coefficient (Wildman–Crippen LogP) is 2.93. The summed E-state index contributed by atoms with van der Waals surface area (Å²) in [6, 6.07) is 10.6. The number of likely N-dealkylation sites (tertiary alicyclic amines) is 1. The Morgan fingerprint density at radius 1 is 1.26 bits per heavy atom. The van der Waals surface area contributed by atoms with Gasteiger partial charge in [0.2, 0.25) is 0 Å². The minimum atomic E-state index is -0.738. The number of rotatable bonds is 6. The molecule has 3 aliphatic rings. The minimum absolute atomic E-state index is 0.0135. The first kappa shape index (κ1) is 21.7. The second kappa shape index (κ2) is 8.52. The van der Waals surface area contributed by atoms with Gasteiger partial charge in [-0.3, -0.25) is 9.69 Å². The molecule has 0 aromatic heterocycles. The van der Waals surface area contributed by atoms with Crippen LogP contribution in [-0.2, 0) is 4.79 Å². The molecule has 0 spiro atoms. The molecular weight excluding hydrogens is 390 g/mol. The van der Waals surface area contributed by atoms with Gasteiger partial charge in [-0.05, 0) is 50.0 Å². The van der Waals surface area contributed by atoms with Crippen molar-refractivity contribution < 1.29 is 9.59 Å². The summed E-state index contributed by atoms with van der Waals surface area (Å²) in [5.74, 6) is 1.50. The Hall–Kier alpha value is -2.57. The van der Waals surface area contributed by atoms with E-state index in [0.29, 0.717) is 49.8 Å². The average molecular weight is 426 g/mol. The van der Waals surface area contributed by atoms with Crippen LogP contribution in [0, 0.1) is 11.8 Å². The van der Waals surface area contributed by atoms with E-state index in [-0.39, 0.29) is 18.0 Å². The lowest BCUT2D eigenvalue weighted by atomic mass is 9.90. The lowest BCUT2D eigenvalue weighted by molar-refractivity contribution is -0.131. The molecule has 3 amide bonds. The molecule has 3 N–H and O–H groups in total. The summed E-state index contributed by atoms with van der Waals surface area (Å²) in [4.78, 5) is 33.7. The van der Waals surface area contributed by atoms with Gasteiger partial charge in [0.1, 0.15) is 5.54 Å². The van der Waals surface area contributed by atoms with E-state index < -0.39 is 5.54 Å². The maximum Gasteiger partial charge on any atom is 0.317 e. The number of hydrogen-bond donors (Lipinski definition) is 2. The Labute approximate surface area is 185 Å². The molecule has 2 fully saturated rings. The summed E-state index contributed by atoms with van der Waals surface area (Å²) < 4.78 is 0. The van der Waals surface area contributed by atoms with Crippen molar-refractivity contribution >= 4 is 17.9 Å². The highest BCUT2D eigenvalue weighted by atomic mass is 16.2. The molecule has 2 aliphatic heterocycles. The summed E-state index contributed by atoms with van der Waals surface area (Å²) in [6.07, 6.45) is 3.46. The van der Waals surface area contributed by atoms with Crippen LogP contribution < -0.4 is 11.1 Å². The van der Waals surface area contributed by atoms with Gasteiger partial charge in [-0.15, -0.1) is 0 Å². The van der Waals surface area contributed by atoms with Crippen LogP contribution in [0.5, 0.6) is 0 Å². The zero-order valence-corrected chi connectivity index (χ0v) is 18.9. The number of nitrogens with one attached hydrogen (secondary N) is 1. The first-order valence-corrected chi connectivity index (χ1v) is 11.5. The van der Waals surface area contributed by atoms with Crippen LogP contribution in [0.1, 0.15) is 57.9 Å². The van der Waals surface area contributed by atoms with Crippen LogP contribution in [0.15, 0.2) is 35.3 Å². The molecule has 1 aromatic rings. The molecule has 1 unspecified atom stereocenters. The maximum absolute atomic E-state index is 13.0. The second-order valence-corrected chi connectivity index (χ2v) is 10.00. The van der Waals surface area contributed by atoms with Crippen LogP contribution in [0.25, 0.3) is 0 Å². The highest BCUT2D eigenvalue weighted by Crippen LogP contribution is 2.40. The van der Waals surface area contributed by atoms with Crippen LogP contribution in [0.4, 0.5) is 4.79 Å². The Kier molecular flexibility index (Phi) is 5.95. The van der Waals surface area contributed by atoms with E-state index in [1.165, 1.54) is 5.56 Å². The number of benzene rings is 1. The highest BCUT2D eigenvalue weighted by Gasteiger charge is 2.45. The fourth-order valence-electron chi connectivity index (χ4n) is 5.11. The molecule has 1 saturated heterocycles. The topological polar surface area (TPSA) is 91.0 Å². The Morgan fingerprint density at radius 2 is 1.94 bits per heavy atom. The zero-order chi connectivity index (χ0) is 22.2. The number of piperidine rings is 1. The lowest BCUT2D eigenvalue weighted by Crippen LogP contribution is -2.49. The number of carbonyl (C=O) groups excluding carboxylic acids is 2. The molecule has 31 heavy (non-hydrogen) atoms. The fraction of sp³-hybridized carbons (Fsp3) is 0.625. The van der Waals surface area contributed by atoms with Gasteiger partial charge in [-0.1, -0.05) is 44.2 Å². The summed E-state index contributed by atoms with van der Waals surface area (Å²) in [5, 5.41) is 3.19. The van der Waals surface area contributed by atoms with E-state index in [9.17, 15) is 9.59 Å². The predicted molar refractivity (Wildman–Crippen MR) is 122 cm³/mol. The third-order valence-electron chi connectivity index (χ3n) is 6.82. The molecule has 3 atom stereocenters. The largest absolute Gasteiger partial charge is 0.369 e. The number of nitrogens with two attached hydrogens (primary N) is 1. The van der Waals surface area contributed by atoms with Crippen molar-refractivity contribution in [3.63, 3.8) is 0 Å². The highest BCUT2D eigenvalue weighted by molar-refractivity contribution is 6.06. The second-order valence-electron chi connectivity index (χ2n) is 10.00. The number of aliphatic imine (C=N–C) groups is 1. The van der Waals surface area contributed by atoms with Gasteiger partial charge < -0.3 is 16.0 Å². The Balaban J connectivity index is 1.24. The van der Waals surface area contributed by atoms with E-state index in [2.05, 4.69) is 36.3 Å². The molecule has 7 heteroatoms. The molecule has 168 valence electrons. The first-order valence-electron chi connectivity index (χ1n) is 11.5. The first-order chi connectivity index (χ1) is 14.8. The summed E-state index contributed by atoms with van der Waals surface area (Å²) in [6.45, 7) is 8.09. The van der Waals surface area contributed by atoms with Crippen LogP contribution in [0.2, 0.25) is 0 Å². The van der Waals surface area contributed by atoms with Crippen LogP contribution >= 0.6 is 0 Å². The average Bonchev–Trinajstić information content (AvgIpc) is 3.46. The summed E-state index contributed by atoms with van der Waals surface area (Å²) in [5.41, 5.74) is 6.68. The molecule has 0 bridgehead atoms. The molecule has 1 aromatic carbocycles. The van der Waals surface area contributed by atoms with Gasteiger partial charge in [-0.2, -0.15) is 0 Å². The van der Waals surface area contributed by atoms with Crippen LogP contribution in [-0.4, -0.2) is 58.9 Å². The van der Waals surface area contributed by atoms with E-state index in [4.69, 9.17) is 5.73 Å². The van der Waals surface area contributed by atoms with Crippen molar-refractivity contribution in [2.75, 3.05) is 19.6 Å². The third kappa shape index (κ3) is 4.70. The SMILES string of the molecule is CC(C)CC1(C)N=C(N)N(CC2CCN(C(=O)N[C@@H]3C[C@H]3c3ccccc3)CC2)C1=O. The van der Waals surface area contributed by atoms with E-state index in [1.807, 2.05) is 30.0 Å². The number of urea groups is 1. The van der Waals surface area contributed by atoms with Gasteiger partial charge in [0, 0.05) is 31.6 Å². The molecule has 1 saturated carbocycles. The number of nitrogens with zero attached hydrogens (tertiary/aromatic N) is 3. The monoisotopic (exact) mass is 425 g/mol. The lowest BCUT2D eigenvalue weighted by Gasteiger charge is -2.34. The van der Waals surface area contributed by atoms with Gasteiger partial charge in [-0.25, -0.2) is 9.79 Å². The molecule has 4 rings (SSSR count). The normalized spacial score (nSPS) is 28.8. The van der Waals surface area contributed by atoms with Crippen molar-refractivity contribution in [1.29, 1.82) is 0 Å². The number of carbonyl (C=O) groups is 2. The number of amides is 3. The minimum Gasteiger partial charge on any atom is -0.369 e. The molecule has 1 aliphatic carbocycles. The number of guanidine groups is 1. The van der Waals surface area contributed by atoms with E-state index >= 15 is 0 Å². The zero-order valence-electron chi connectivity index (χ0n) is 18.9. The molecule has 0 radical (unpaired) electrons. The quantitative estimate of drug-likeness (QED) is 0.734. The standard InChI is InChI=1S/C24H35N5O2/c1-16(2)14-24(3)21(30)29(22(25)27-24)15-17-9-11-28(12-10-17)23(31)26-20-13-19(20)18-7-5-4-6-8-18/h4-8,16-17,19-20H,9-15H2,1-3H3,(H2,25,27)(H,26,31)/t19-,20+,24?/m0/s1. The van der Waals surface area contributed by atoms with Crippen molar-refractivity contribution in [3.05, 3.63) is 35.9 Å². The third-order valence-corrected chi connectivity index (χ3v) is 6.82. The smallest absolute Gasteiger partial charge is 0.317 e. The van der Waals surface area contributed by atoms with Gasteiger partial charge >= 0.3 is 6.03 Å². The molecular formula is C24H35N5O2. The Morgan fingerprint density at radius 3 is 2.58 bits per heavy atom. The van der Waals surface area contributed by atoms with Gasteiger partial charge in [0.25, 0.3) is 5.91 Å². The van der Waals surface area contributed by atoms with Crippen molar-refractivity contribution in [2.45, 2.75) is 64.0 Å². The number of hydrogen-bond acceptors (Lipinski definition) is 4. The maximum atomic E-state index is 13.0. The molecule has 7 nitrogen and oxygen atoms in total.